The molecule has 0 fully saturated rings. The second-order valence-corrected chi connectivity index (χ2v) is 6.41. The van der Waals surface area contributed by atoms with E-state index in [1.807, 2.05) is 36.4 Å². The second kappa shape index (κ2) is 9.04. The van der Waals surface area contributed by atoms with Crippen LogP contribution in [0.3, 0.4) is 0 Å². The summed E-state index contributed by atoms with van der Waals surface area (Å²) in [6.45, 7) is 0.218. The van der Waals surface area contributed by atoms with Gasteiger partial charge in [0.15, 0.2) is 18.1 Å². The van der Waals surface area contributed by atoms with Crippen molar-refractivity contribution in [3.05, 3.63) is 77.7 Å². The van der Waals surface area contributed by atoms with Crippen molar-refractivity contribution < 1.29 is 33.0 Å². The highest BCUT2D eigenvalue weighted by Gasteiger charge is 2.16. The molecule has 0 spiro atoms. The third-order valence-corrected chi connectivity index (χ3v) is 4.25. The Labute approximate surface area is 172 Å². The Morgan fingerprint density at radius 2 is 1.80 bits per heavy atom. The van der Waals surface area contributed by atoms with Gasteiger partial charge >= 0.3 is 5.97 Å². The Balaban J connectivity index is 1.20. The third-order valence-electron chi connectivity index (χ3n) is 4.25. The van der Waals surface area contributed by atoms with Crippen LogP contribution in [-0.4, -0.2) is 25.3 Å². The highest BCUT2D eigenvalue weighted by Crippen LogP contribution is 2.32. The Hall–Kier alpha value is -3.94. The molecule has 8 nitrogen and oxygen atoms in total. The lowest BCUT2D eigenvalue weighted by molar-refractivity contribution is -0.124. The molecule has 3 aromatic rings. The lowest BCUT2D eigenvalue weighted by atomic mass is 10.2. The van der Waals surface area contributed by atoms with E-state index in [2.05, 4.69) is 5.32 Å². The molecule has 0 saturated heterocycles. The van der Waals surface area contributed by atoms with Gasteiger partial charge in [-0.05, 0) is 42.0 Å². The molecular weight excluding hydrogens is 390 g/mol. The van der Waals surface area contributed by atoms with Crippen LogP contribution in [0.2, 0.25) is 0 Å². The number of esters is 1. The minimum atomic E-state index is -0.723. The summed E-state index contributed by atoms with van der Waals surface area (Å²) in [5, 5.41) is 2.68. The van der Waals surface area contributed by atoms with Crippen molar-refractivity contribution in [2.45, 2.75) is 13.2 Å². The van der Waals surface area contributed by atoms with Gasteiger partial charge in [-0.3, -0.25) is 4.79 Å². The molecule has 2 heterocycles. The highest BCUT2D eigenvalue weighted by molar-refractivity contribution is 5.88. The number of rotatable bonds is 8. The molecule has 0 radical (unpaired) electrons. The molecule has 2 aromatic carbocycles. The average Bonchev–Trinajstić information content (AvgIpc) is 3.44. The summed E-state index contributed by atoms with van der Waals surface area (Å²) in [4.78, 5) is 24.0. The summed E-state index contributed by atoms with van der Waals surface area (Å²) >= 11 is 0. The summed E-state index contributed by atoms with van der Waals surface area (Å²) in [5.74, 6) is 1.32. The molecule has 154 valence electrons. The maximum absolute atomic E-state index is 12.1. The van der Waals surface area contributed by atoms with Crippen LogP contribution >= 0.6 is 0 Å². The molecule has 1 aromatic heterocycles. The number of carbonyl (C=O) groups is 2. The maximum Gasteiger partial charge on any atom is 0.374 e. The van der Waals surface area contributed by atoms with Crippen molar-refractivity contribution in [3.8, 4) is 17.2 Å². The van der Waals surface area contributed by atoms with Gasteiger partial charge in [0.2, 0.25) is 12.6 Å². The first-order chi connectivity index (χ1) is 14.7. The largest absolute Gasteiger partial charge is 0.486 e. The minimum absolute atomic E-state index is 0.00485. The predicted octanol–water partition coefficient (Wildman–Crippen LogP) is 3.06. The topological polar surface area (TPSA) is 96.2 Å². The Bertz CT molecular complexity index is 1030. The van der Waals surface area contributed by atoms with Crippen LogP contribution in [0.1, 0.15) is 21.9 Å². The zero-order valence-electron chi connectivity index (χ0n) is 16.0. The van der Waals surface area contributed by atoms with E-state index in [1.54, 1.807) is 18.2 Å². The number of amides is 1. The van der Waals surface area contributed by atoms with E-state index < -0.39 is 18.5 Å². The van der Waals surface area contributed by atoms with Crippen molar-refractivity contribution in [2.24, 2.45) is 0 Å². The first kappa shape index (κ1) is 19.4. The molecule has 1 aliphatic heterocycles. The van der Waals surface area contributed by atoms with Crippen molar-refractivity contribution in [1.82, 2.24) is 5.32 Å². The number of furan rings is 1. The fourth-order valence-electron chi connectivity index (χ4n) is 2.74. The van der Waals surface area contributed by atoms with Crippen LogP contribution in [0.5, 0.6) is 17.2 Å². The number of hydrogen-bond acceptors (Lipinski definition) is 7. The fraction of sp³-hybridized carbons (Fsp3) is 0.182. The van der Waals surface area contributed by atoms with Crippen LogP contribution in [0.15, 0.2) is 65.1 Å². The molecule has 8 heteroatoms. The van der Waals surface area contributed by atoms with E-state index in [9.17, 15) is 9.59 Å². The van der Waals surface area contributed by atoms with Crippen molar-refractivity contribution in [3.63, 3.8) is 0 Å². The molecule has 0 aliphatic carbocycles. The van der Waals surface area contributed by atoms with Gasteiger partial charge in [-0.15, -0.1) is 0 Å². The highest BCUT2D eigenvalue weighted by atomic mass is 16.7. The first-order valence-electron chi connectivity index (χ1n) is 9.26. The minimum Gasteiger partial charge on any atom is -0.486 e. The molecule has 0 atom stereocenters. The van der Waals surface area contributed by atoms with E-state index in [4.69, 9.17) is 23.4 Å². The van der Waals surface area contributed by atoms with Gasteiger partial charge < -0.3 is 28.7 Å². The van der Waals surface area contributed by atoms with Crippen LogP contribution < -0.4 is 19.5 Å². The van der Waals surface area contributed by atoms with Crippen LogP contribution in [-0.2, 0) is 22.7 Å². The molecule has 0 unspecified atom stereocenters. The number of nitrogens with one attached hydrogen (secondary N) is 1. The zero-order chi connectivity index (χ0) is 20.8. The molecule has 0 bridgehead atoms. The van der Waals surface area contributed by atoms with Gasteiger partial charge in [-0.1, -0.05) is 24.3 Å². The smallest absolute Gasteiger partial charge is 0.374 e. The Kier molecular flexibility index (Phi) is 5.84. The Morgan fingerprint density at radius 1 is 0.967 bits per heavy atom. The van der Waals surface area contributed by atoms with Crippen LogP contribution in [0.25, 0.3) is 0 Å². The maximum atomic E-state index is 12.1. The molecule has 1 N–H and O–H groups in total. The number of carbonyl (C=O) groups excluding carboxylic acids is 2. The molecular formula is C22H19NO7. The number of benzene rings is 2. The van der Waals surface area contributed by atoms with E-state index >= 15 is 0 Å². The van der Waals surface area contributed by atoms with Gasteiger partial charge in [-0.2, -0.15) is 0 Å². The summed E-state index contributed by atoms with van der Waals surface area (Å²) in [6, 6.07) is 17.7. The second-order valence-electron chi connectivity index (χ2n) is 6.41. The summed E-state index contributed by atoms with van der Waals surface area (Å²) in [7, 11) is 0. The normalized spacial score (nSPS) is 11.7. The lowest BCUT2D eigenvalue weighted by Gasteiger charge is -2.07. The fourth-order valence-corrected chi connectivity index (χ4v) is 2.74. The predicted molar refractivity (Wildman–Crippen MR) is 104 cm³/mol. The van der Waals surface area contributed by atoms with E-state index in [0.29, 0.717) is 23.0 Å². The average molecular weight is 409 g/mol. The number of para-hydroxylation sites is 1. The third kappa shape index (κ3) is 4.91. The first-order valence-corrected chi connectivity index (χ1v) is 9.26. The number of fused-ring (bicyclic) bond motifs is 1. The summed E-state index contributed by atoms with van der Waals surface area (Å²) in [5.41, 5.74) is 0.841. The number of hydrogen-bond donors (Lipinski definition) is 1. The van der Waals surface area contributed by atoms with Gasteiger partial charge in [0, 0.05) is 6.54 Å². The van der Waals surface area contributed by atoms with Gasteiger partial charge in [0.1, 0.15) is 18.1 Å². The van der Waals surface area contributed by atoms with Gasteiger partial charge in [0.05, 0.1) is 0 Å². The standard InChI is InChI=1S/C22H19NO7/c24-21(23-11-15-6-8-18-20(10-15)29-14-28-18)13-27-22(25)19-9-7-17(30-19)12-26-16-4-2-1-3-5-16/h1-10H,11-14H2,(H,23,24). The zero-order valence-corrected chi connectivity index (χ0v) is 16.0. The van der Waals surface area contributed by atoms with E-state index in [0.717, 1.165) is 5.56 Å². The SMILES string of the molecule is O=C(COC(=O)c1ccc(COc2ccccc2)o1)NCc1ccc2c(c1)OCO2. The molecule has 1 amide bonds. The van der Waals surface area contributed by atoms with Gasteiger partial charge in [0.25, 0.3) is 5.91 Å². The molecule has 1 aliphatic rings. The lowest BCUT2D eigenvalue weighted by Crippen LogP contribution is -2.28. The van der Waals surface area contributed by atoms with Crippen LogP contribution in [0.4, 0.5) is 0 Å². The summed E-state index contributed by atoms with van der Waals surface area (Å²) < 4.78 is 26.5. The number of ether oxygens (including phenoxy) is 4. The monoisotopic (exact) mass is 409 g/mol. The van der Waals surface area contributed by atoms with Crippen molar-refractivity contribution >= 4 is 11.9 Å². The van der Waals surface area contributed by atoms with E-state index in [-0.39, 0.29) is 25.7 Å². The van der Waals surface area contributed by atoms with Crippen LogP contribution in [0, 0.1) is 0 Å². The van der Waals surface area contributed by atoms with Gasteiger partial charge in [-0.25, -0.2) is 4.79 Å². The molecule has 0 saturated carbocycles. The molecule has 4 rings (SSSR count). The van der Waals surface area contributed by atoms with Crippen molar-refractivity contribution in [2.75, 3.05) is 13.4 Å². The quantitative estimate of drug-likeness (QED) is 0.571. The summed E-state index contributed by atoms with van der Waals surface area (Å²) in [6.07, 6.45) is 0. The van der Waals surface area contributed by atoms with E-state index in [1.165, 1.54) is 6.07 Å². The van der Waals surface area contributed by atoms with Crippen molar-refractivity contribution in [1.29, 1.82) is 0 Å². The molecule has 30 heavy (non-hydrogen) atoms. The Morgan fingerprint density at radius 3 is 2.67 bits per heavy atom.